The van der Waals surface area contributed by atoms with E-state index in [1.165, 1.54) is 0 Å². The van der Waals surface area contributed by atoms with Gasteiger partial charge in [-0.15, -0.1) is 0 Å². The van der Waals surface area contributed by atoms with Gasteiger partial charge >= 0.3 is 0 Å². The van der Waals surface area contributed by atoms with Crippen LogP contribution in [0.1, 0.15) is 31.9 Å². The van der Waals surface area contributed by atoms with E-state index >= 15 is 0 Å². The summed E-state index contributed by atoms with van der Waals surface area (Å²) in [6, 6.07) is 12.0. The number of anilines is 1. The van der Waals surface area contributed by atoms with Crippen molar-refractivity contribution in [3.05, 3.63) is 48.3 Å². The molecule has 0 N–H and O–H groups in total. The molecule has 6 heteroatoms. The molecule has 2 aliphatic rings. The van der Waals surface area contributed by atoms with Gasteiger partial charge in [-0.3, -0.25) is 14.5 Å². The summed E-state index contributed by atoms with van der Waals surface area (Å²) in [6.45, 7) is 7.23. The lowest BCUT2D eigenvalue weighted by Crippen LogP contribution is -2.49. The Bertz CT molecular complexity index is 852. The maximum Gasteiger partial charge on any atom is 0.227 e. The Balaban J connectivity index is 1.37. The summed E-state index contributed by atoms with van der Waals surface area (Å²) in [5.74, 6) is 0.107. The van der Waals surface area contributed by atoms with Crippen molar-refractivity contribution in [1.29, 1.82) is 0 Å². The van der Waals surface area contributed by atoms with Gasteiger partial charge in [-0.05, 0) is 37.2 Å². The zero-order chi connectivity index (χ0) is 19.5. The Labute approximate surface area is 166 Å². The fraction of sp³-hybridized carbons (Fsp3) is 0.455. The maximum atomic E-state index is 13.0. The third-order valence-corrected chi connectivity index (χ3v) is 5.70. The van der Waals surface area contributed by atoms with E-state index in [0.29, 0.717) is 6.54 Å². The molecule has 2 aromatic rings. The van der Waals surface area contributed by atoms with Crippen LogP contribution < -0.4 is 4.90 Å². The largest absolute Gasteiger partial charge is 0.340 e. The van der Waals surface area contributed by atoms with E-state index in [4.69, 9.17) is 0 Å². The Morgan fingerprint density at radius 2 is 1.61 bits per heavy atom. The molecule has 0 aliphatic carbocycles. The van der Waals surface area contributed by atoms with Crippen molar-refractivity contribution in [3.8, 4) is 5.69 Å². The summed E-state index contributed by atoms with van der Waals surface area (Å²) in [7, 11) is 0. The standard InChI is InChI=1S/C22H28N4O2/c1-2-11-23-13-15-24(16-14-23)21(27)9-10-22(28)26-17-18-6-5-12-25(18)19-7-3-4-8-20(19)26/h3-8,12H,2,9-11,13-17H2,1H3. The van der Waals surface area contributed by atoms with Gasteiger partial charge in [-0.25, -0.2) is 0 Å². The number of nitrogens with zero attached hydrogens (tertiary/aromatic N) is 4. The van der Waals surface area contributed by atoms with E-state index in [1.807, 2.05) is 52.4 Å². The van der Waals surface area contributed by atoms with Gasteiger partial charge in [0, 0.05) is 50.9 Å². The molecule has 2 amide bonds. The highest BCUT2D eigenvalue weighted by molar-refractivity contribution is 5.97. The number of hydrogen-bond donors (Lipinski definition) is 0. The van der Waals surface area contributed by atoms with Gasteiger partial charge in [0.25, 0.3) is 0 Å². The van der Waals surface area contributed by atoms with Gasteiger partial charge in [-0.2, -0.15) is 0 Å². The molecule has 28 heavy (non-hydrogen) atoms. The maximum absolute atomic E-state index is 13.0. The molecule has 0 bridgehead atoms. The molecule has 0 unspecified atom stereocenters. The molecule has 148 valence electrons. The molecule has 2 aliphatic heterocycles. The molecule has 0 radical (unpaired) electrons. The van der Waals surface area contributed by atoms with Crippen molar-refractivity contribution in [2.45, 2.75) is 32.7 Å². The van der Waals surface area contributed by atoms with Crippen molar-refractivity contribution in [1.82, 2.24) is 14.4 Å². The van der Waals surface area contributed by atoms with Crippen LogP contribution >= 0.6 is 0 Å². The van der Waals surface area contributed by atoms with E-state index in [9.17, 15) is 9.59 Å². The summed E-state index contributed by atoms with van der Waals surface area (Å²) in [5.41, 5.74) is 3.02. The van der Waals surface area contributed by atoms with Crippen LogP contribution in [0.25, 0.3) is 5.69 Å². The summed E-state index contributed by atoms with van der Waals surface area (Å²) in [6.07, 6.45) is 3.70. The minimum Gasteiger partial charge on any atom is -0.340 e. The van der Waals surface area contributed by atoms with Crippen LogP contribution in [0.2, 0.25) is 0 Å². The van der Waals surface area contributed by atoms with Crippen LogP contribution in [-0.4, -0.2) is 58.9 Å². The number of carbonyl (C=O) groups excluding carboxylic acids is 2. The van der Waals surface area contributed by atoms with Gasteiger partial charge in [0.05, 0.1) is 17.9 Å². The summed E-state index contributed by atoms with van der Waals surface area (Å²) >= 11 is 0. The second-order valence-corrected chi connectivity index (χ2v) is 7.56. The predicted octanol–water partition coefficient (Wildman–Crippen LogP) is 2.66. The highest BCUT2D eigenvalue weighted by atomic mass is 16.2. The molecule has 0 atom stereocenters. The first-order valence-electron chi connectivity index (χ1n) is 10.2. The Hall–Kier alpha value is -2.60. The molecule has 4 rings (SSSR count). The van der Waals surface area contributed by atoms with E-state index in [-0.39, 0.29) is 24.7 Å². The number of hydrogen-bond acceptors (Lipinski definition) is 3. The fourth-order valence-corrected chi connectivity index (χ4v) is 4.19. The van der Waals surface area contributed by atoms with Crippen LogP contribution in [0.4, 0.5) is 5.69 Å². The quantitative estimate of drug-likeness (QED) is 0.801. The van der Waals surface area contributed by atoms with Crippen LogP contribution in [-0.2, 0) is 16.1 Å². The monoisotopic (exact) mass is 380 g/mol. The van der Waals surface area contributed by atoms with Crippen LogP contribution in [0.15, 0.2) is 42.6 Å². The Morgan fingerprint density at radius 1 is 0.893 bits per heavy atom. The van der Waals surface area contributed by atoms with E-state index in [0.717, 1.165) is 56.2 Å². The number of carbonyl (C=O) groups is 2. The van der Waals surface area contributed by atoms with E-state index < -0.39 is 0 Å². The second kappa shape index (κ2) is 8.19. The number of fused-ring (bicyclic) bond motifs is 3. The van der Waals surface area contributed by atoms with Crippen molar-refractivity contribution in [2.75, 3.05) is 37.6 Å². The average Bonchev–Trinajstić information content (AvgIpc) is 3.21. The molecule has 1 aromatic carbocycles. The second-order valence-electron chi connectivity index (χ2n) is 7.56. The first kappa shape index (κ1) is 18.7. The zero-order valence-electron chi connectivity index (χ0n) is 16.5. The van der Waals surface area contributed by atoms with Crippen LogP contribution in [0.5, 0.6) is 0 Å². The molecular weight excluding hydrogens is 352 g/mol. The average molecular weight is 380 g/mol. The molecule has 0 spiro atoms. The summed E-state index contributed by atoms with van der Waals surface area (Å²) in [4.78, 5) is 31.7. The minimum atomic E-state index is 0.0119. The molecule has 0 saturated carbocycles. The summed E-state index contributed by atoms with van der Waals surface area (Å²) < 4.78 is 2.13. The number of benzene rings is 1. The first-order chi connectivity index (χ1) is 13.7. The minimum absolute atomic E-state index is 0.0119. The molecule has 1 saturated heterocycles. The molecule has 6 nitrogen and oxygen atoms in total. The lowest BCUT2D eigenvalue weighted by Gasteiger charge is -2.35. The molecule has 1 aromatic heterocycles. The van der Waals surface area contributed by atoms with Crippen LogP contribution in [0.3, 0.4) is 0 Å². The predicted molar refractivity (Wildman–Crippen MR) is 110 cm³/mol. The fourth-order valence-electron chi connectivity index (χ4n) is 4.19. The molecule has 3 heterocycles. The van der Waals surface area contributed by atoms with Gasteiger partial charge in [-0.1, -0.05) is 19.1 Å². The van der Waals surface area contributed by atoms with Gasteiger partial charge in [0.2, 0.25) is 11.8 Å². The molecule has 1 fully saturated rings. The smallest absolute Gasteiger partial charge is 0.227 e. The van der Waals surface area contributed by atoms with Crippen molar-refractivity contribution in [2.24, 2.45) is 0 Å². The highest BCUT2D eigenvalue weighted by Crippen LogP contribution is 2.32. The van der Waals surface area contributed by atoms with Crippen molar-refractivity contribution in [3.63, 3.8) is 0 Å². The number of piperazine rings is 1. The molecular formula is C22H28N4O2. The lowest BCUT2D eigenvalue weighted by molar-refractivity contribution is -0.134. The third-order valence-electron chi connectivity index (χ3n) is 5.70. The topological polar surface area (TPSA) is 48.8 Å². The number of rotatable bonds is 5. The van der Waals surface area contributed by atoms with E-state index in [2.05, 4.69) is 16.4 Å². The normalized spacial score (nSPS) is 16.6. The Kier molecular flexibility index (Phi) is 5.48. The van der Waals surface area contributed by atoms with Gasteiger partial charge in [0.1, 0.15) is 0 Å². The van der Waals surface area contributed by atoms with Crippen molar-refractivity contribution >= 4 is 17.5 Å². The zero-order valence-corrected chi connectivity index (χ0v) is 16.5. The van der Waals surface area contributed by atoms with E-state index in [1.54, 1.807) is 0 Å². The lowest BCUT2D eigenvalue weighted by atomic mass is 10.1. The van der Waals surface area contributed by atoms with Crippen molar-refractivity contribution < 1.29 is 9.59 Å². The van der Waals surface area contributed by atoms with Crippen LogP contribution in [0, 0.1) is 0 Å². The summed E-state index contributed by atoms with van der Waals surface area (Å²) in [5, 5.41) is 0. The Morgan fingerprint density at radius 3 is 2.36 bits per heavy atom. The van der Waals surface area contributed by atoms with Gasteiger partial charge < -0.3 is 14.4 Å². The first-order valence-corrected chi connectivity index (χ1v) is 10.2. The third kappa shape index (κ3) is 3.69. The van der Waals surface area contributed by atoms with Gasteiger partial charge in [0.15, 0.2) is 0 Å². The number of aromatic nitrogens is 1. The number of para-hydroxylation sites is 2. The SMILES string of the molecule is CCCN1CCN(C(=O)CCC(=O)N2Cc3cccn3-c3ccccc32)CC1. The number of amides is 2. The highest BCUT2D eigenvalue weighted by Gasteiger charge is 2.27.